The second kappa shape index (κ2) is 3.33. The highest BCUT2D eigenvalue weighted by atomic mass is 32.1. The molecule has 2 atom stereocenters. The van der Waals surface area contributed by atoms with Crippen molar-refractivity contribution in [3.8, 4) is 0 Å². The van der Waals surface area contributed by atoms with E-state index < -0.39 is 0 Å². The van der Waals surface area contributed by atoms with Crippen LogP contribution < -0.4 is 0 Å². The van der Waals surface area contributed by atoms with E-state index in [2.05, 4.69) is 35.5 Å². The molecular formula is C15H23N3S. The van der Waals surface area contributed by atoms with Crippen LogP contribution in [0.4, 0.5) is 0 Å². The fraction of sp³-hybridized carbons (Fsp3) is 0.867. The topological polar surface area (TPSA) is 33.6 Å². The van der Waals surface area contributed by atoms with Gasteiger partial charge >= 0.3 is 0 Å². The van der Waals surface area contributed by atoms with Gasteiger partial charge in [-0.15, -0.1) is 0 Å². The molecule has 4 fully saturated rings. The highest BCUT2D eigenvalue weighted by Gasteiger charge is 2.61. The molecule has 0 aliphatic heterocycles. The Hall–Kier alpha value is -0.640. The third kappa shape index (κ3) is 1.55. The molecule has 0 radical (unpaired) electrons. The van der Waals surface area contributed by atoms with Crippen LogP contribution in [0.5, 0.6) is 0 Å². The van der Waals surface area contributed by atoms with Crippen LogP contribution in [0.3, 0.4) is 0 Å². The maximum absolute atomic E-state index is 5.53. The Balaban J connectivity index is 1.90. The molecule has 0 amide bonds. The van der Waals surface area contributed by atoms with Gasteiger partial charge in [0.05, 0.1) is 0 Å². The lowest BCUT2D eigenvalue weighted by atomic mass is 9.42. The molecule has 0 saturated heterocycles. The van der Waals surface area contributed by atoms with Gasteiger partial charge in [0, 0.05) is 5.54 Å². The lowest BCUT2D eigenvalue weighted by Crippen LogP contribution is -2.59. The summed E-state index contributed by atoms with van der Waals surface area (Å²) < 4.78 is 3.19. The lowest BCUT2D eigenvalue weighted by molar-refractivity contribution is -0.137. The van der Waals surface area contributed by atoms with Gasteiger partial charge in [-0.1, -0.05) is 13.8 Å². The molecule has 4 aliphatic carbocycles. The quantitative estimate of drug-likeness (QED) is 0.788. The SMILES string of the molecule is Cc1n[nH]c(=S)n1C12CC3CC(C)(CC(C)(C3)C1)C2. The molecule has 1 aromatic rings. The first-order chi connectivity index (χ1) is 8.83. The largest absolute Gasteiger partial charge is 0.298 e. The van der Waals surface area contributed by atoms with E-state index in [-0.39, 0.29) is 5.54 Å². The van der Waals surface area contributed by atoms with Crippen LogP contribution in [0, 0.1) is 28.4 Å². The van der Waals surface area contributed by atoms with Crippen molar-refractivity contribution in [2.75, 3.05) is 0 Å². The number of aryl methyl sites for hydroxylation is 1. The van der Waals surface area contributed by atoms with E-state index in [1.807, 2.05) is 0 Å². The fourth-order valence-corrected chi connectivity index (χ4v) is 6.94. The summed E-state index contributed by atoms with van der Waals surface area (Å²) in [5.74, 6) is 1.96. The Morgan fingerprint density at radius 2 is 1.79 bits per heavy atom. The molecule has 1 N–H and O–H groups in total. The first-order valence-corrected chi connectivity index (χ1v) is 7.89. The predicted molar refractivity (Wildman–Crippen MR) is 77.5 cm³/mol. The summed E-state index contributed by atoms with van der Waals surface area (Å²) in [6, 6.07) is 0. The van der Waals surface area contributed by atoms with E-state index in [1.165, 1.54) is 38.5 Å². The normalized spacial score (nSPS) is 47.8. The molecule has 4 heteroatoms. The average molecular weight is 277 g/mol. The molecule has 0 spiro atoms. The maximum Gasteiger partial charge on any atom is 0.195 e. The zero-order chi connectivity index (χ0) is 13.5. The van der Waals surface area contributed by atoms with Crippen LogP contribution in [-0.4, -0.2) is 14.8 Å². The molecule has 4 saturated carbocycles. The van der Waals surface area contributed by atoms with E-state index in [0.717, 1.165) is 16.5 Å². The minimum atomic E-state index is 0.247. The molecule has 4 bridgehead atoms. The zero-order valence-corrected chi connectivity index (χ0v) is 12.9. The highest BCUT2D eigenvalue weighted by Crippen LogP contribution is 2.68. The van der Waals surface area contributed by atoms with Crippen molar-refractivity contribution < 1.29 is 0 Å². The van der Waals surface area contributed by atoms with E-state index in [9.17, 15) is 0 Å². The Kier molecular flexibility index (Phi) is 2.12. The molecular weight excluding hydrogens is 254 g/mol. The van der Waals surface area contributed by atoms with Gasteiger partial charge < -0.3 is 0 Å². The van der Waals surface area contributed by atoms with Crippen LogP contribution in [0.1, 0.15) is 58.2 Å². The third-order valence-corrected chi connectivity index (χ3v) is 6.19. The number of hydrogen-bond donors (Lipinski definition) is 1. The van der Waals surface area contributed by atoms with Gasteiger partial charge in [-0.3, -0.25) is 9.67 Å². The monoisotopic (exact) mass is 277 g/mol. The summed E-state index contributed by atoms with van der Waals surface area (Å²) >= 11 is 5.53. The summed E-state index contributed by atoms with van der Waals surface area (Å²) in [6.45, 7) is 7.10. The average Bonchev–Trinajstić information content (AvgIpc) is 2.53. The van der Waals surface area contributed by atoms with Gasteiger partial charge in [-0.05, 0) is 74.4 Å². The second-order valence-electron chi connectivity index (χ2n) is 8.27. The minimum absolute atomic E-state index is 0.247. The zero-order valence-electron chi connectivity index (χ0n) is 12.1. The first-order valence-electron chi connectivity index (χ1n) is 7.48. The van der Waals surface area contributed by atoms with E-state index in [0.29, 0.717) is 10.8 Å². The summed E-state index contributed by atoms with van der Waals surface area (Å²) in [7, 11) is 0. The van der Waals surface area contributed by atoms with Crippen LogP contribution in [-0.2, 0) is 5.54 Å². The number of H-pyrrole nitrogens is 1. The molecule has 5 rings (SSSR count). The van der Waals surface area contributed by atoms with Crippen LogP contribution in [0.15, 0.2) is 0 Å². The van der Waals surface area contributed by atoms with Crippen LogP contribution >= 0.6 is 12.2 Å². The maximum atomic E-state index is 5.53. The van der Waals surface area contributed by atoms with Gasteiger partial charge in [-0.25, -0.2) is 0 Å². The van der Waals surface area contributed by atoms with E-state index in [4.69, 9.17) is 12.2 Å². The molecule has 4 aliphatic rings. The highest BCUT2D eigenvalue weighted by molar-refractivity contribution is 7.71. The second-order valence-corrected chi connectivity index (χ2v) is 8.65. The van der Waals surface area contributed by atoms with Crippen molar-refractivity contribution in [3.63, 3.8) is 0 Å². The van der Waals surface area contributed by atoms with Gasteiger partial charge in [0.25, 0.3) is 0 Å². The summed E-state index contributed by atoms with van der Waals surface area (Å²) in [4.78, 5) is 0. The van der Waals surface area contributed by atoms with Crippen molar-refractivity contribution in [2.45, 2.75) is 64.8 Å². The smallest absolute Gasteiger partial charge is 0.195 e. The molecule has 104 valence electrons. The standard InChI is InChI=1S/C15H23N3S/c1-10-16-17-12(19)18(10)15-6-11-4-13(2,8-15)7-14(3,5-11)9-15/h11H,4-9H2,1-3H3,(H,17,19). The van der Waals surface area contributed by atoms with Gasteiger partial charge in [0.15, 0.2) is 4.77 Å². The predicted octanol–water partition coefficient (Wildman–Crippen LogP) is 3.95. The number of aromatic amines is 1. The summed E-state index contributed by atoms with van der Waals surface area (Å²) in [5, 5.41) is 7.37. The number of hydrogen-bond acceptors (Lipinski definition) is 2. The number of aromatic nitrogens is 3. The summed E-state index contributed by atoms with van der Waals surface area (Å²) in [6.07, 6.45) is 8.15. The van der Waals surface area contributed by atoms with Crippen molar-refractivity contribution in [1.82, 2.24) is 14.8 Å². The van der Waals surface area contributed by atoms with Crippen molar-refractivity contribution >= 4 is 12.2 Å². The van der Waals surface area contributed by atoms with Crippen LogP contribution in [0.25, 0.3) is 0 Å². The Labute approximate surface area is 119 Å². The molecule has 1 heterocycles. The number of nitrogens with zero attached hydrogens (tertiary/aromatic N) is 2. The Bertz CT molecular complexity index is 581. The van der Waals surface area contributed by atoms with Gasteiger partial charge in [0.1, 0.15) is 5.82 Å². The summed E-state index contributed by atoms with van der Waals surface area (Å²) in [5.41, 5.74) is 1.29. The van der Waals surface area contributed by atoms with Crippen molar-refractivity contribution in [3.05, 3.63) is 10.6 Å². The van der Waals surface area contributed by atoms with Crippen molar-refractivity contribution in [1.29, 1.82) is 0 Å². The van der Waals surface area contributed by atoms with E-state index >= 15 is 0 Å². The third-order valence-electron chi connectivity index (χ3n) is 5.91. The van der Waals surface area contributed by atoms with Gasteiger partial charge in [-0.2, -0.15) is 5.10 Å². The molecule has 1 aromatic heterocycles. The number of rotatable bonds is 1. The van der Waals surface area contributed by atoms with Gasteiger partial charge in [0.2, 0.25) is 0 Å². The molecule has 2 unspecified atom stereocenters. The lowest BCUT2D eigenvalue weighted by Gasteiger charge is -2.65. The first kappa shape index (κ1) is 12.1. The van der Waals surface area contributed by atoms with E-state index in [1.54, 1.807) is 0 Å². The Morgan fingerprint density at radius 1 is 1.16 bits per heavy atom. The molecule has 19 heavy (non-hydrogen) atoms. The molecule has 3 nitrogen and oxygen atoms in total. The molecule has 0 aromatic carbocycles. The number of nitrogens with one attached hydrogen (secondary N) is 1. The van der Waals surface area contributed by atoms with Crippen molar-refractivity contribution in [2.24, 2.45) is 16.7 Å². The Morgan fingerprint density at radius 3 is 2.26 bits per heavy atom. The van der Waals surface area contributed by atoms with Crippen LogP contribution in [0.2, 0.25) is 0 Å². The fourth-order valence-electron chi connectivity index (χ4n) is 6.57. The minimum Gasteiger partial charge on any atom is -0.298 e.